The Bertz CT molecular complexity index is 473. The highest BCUT2D eigenvalue weighted by Gasteiger charge is 2.31. The first-order chi connectivity index (χ1) is 8.91. The van der Waals surface area contributed by atoms with E-state index in [4.69, 9.17) is 5.73 Å². The molecule has 0 spiro atoms. The molecule has 19 heavy (non-hydrogen) atoms. The van der Waals surface area contributed by atoms with Crippen LogP contribution in [0.3, 0.4) is 0 Å². The second-order valence-electron chi connectivity index (χ2n) is 5.29. The first kappa shape index (κ1) is 13.8. The Kier molecular flexibility index (Phi) is 3.75. The van der Waals surface area contributed by atoms with Crippen LogP contribution in [0.25, 0.3) is 0 Å². The minimum absolute atomic E-state index is 0.183. The van der Waals surface area contributed by atoms with Gasteiger partial charge in [0.1, 0.15) is 5.82 Å². The van der Waals surface area contributed by atoms with Gasteiger partial charge in [-0.2, -0.15) is 0 Å². The van der Waals surface area contributed by atoms with Crippen molar-refractivity contribution in [2.75, 3.05) is 12.3 Å². The van der Waals surface area contributed by atoms with Gasteiger partial charge in [-0.1, -0.05) is 12.8 Å². The Balaban J connectivity index is 2.04. The van der Waals surface area contributed by atoms with Gasteiger partial charge in [-0.05, 0) is 31.9 Å². The second kappa shape index (κ2) is 5.17. The molecule has 1 fully saturated rings. The molecule has 1 aromatic rings. The van der Waals surface area contributed by atoms with Gasteiger partial charge in [0.05, 0.1) is 5.60 Å². The highest BCUT2D eigenvalue weighted by Crippen LogP contribution is 2.28. The molecule has 1 saturated carbocycles. The summed E-state index contributed by atoms with van der Waals surface area (Å²) in [4.78, 5) is 11.9. The minimum atomic E-state index is -0.815. The van der Waals surface area contributed by atoms with Crippen molar-refractivity contribution in [3.63, 3.8) is 0 Å². The summed E-state index contributed by atoms with van der Waals surface area (Å²) >= 11 is 0. The highest BCUT2D eigenvalue weighted by atomic mass is 19.1. The van der Waals surface area contributed by atoms with Crippen molar-refractivity contribution in [1.82, 2.24) is 5.32 Å². The van der Waals surface area contributed by atoms with Gasteiger partial charge < -0.3 is 16.2 Å². The highest BCUT2D eigenvalue weighted by molar-refractivity contribution is 5.95. The standard InChI is InChI=1S/C14H19FN2O2/c1-9-11(15)6-10(7-12(9)16)13(18)17-8-14(19)4-2-3-5-14/h6-7,19H,2-5,8,16H2,1H3,(H,17,18). The summed E-state index contributed by atoms with van der Waals surface area (Å²) in [5.74, 6) is -0.907. The molecule has 0 atom stereocenters. The summed E-state index contributed by atoms with van der Waals surface area (Å²) in [6, 6.07) is 2.62. The molecule has 1 amide bonds. The van der Waals surface area contributed by atoms with E-state index in [-0.39, 0.29) is 17.8 Å². The van der Waals surface area contributed by atoms with Crippen molar-refractivity contribution in [2.24, 2.45) is 0 Å². The number of nitrogens with two attached hydrogens (primary N) is 1. The van der Waals surface area contributed by atoms with Crippen LogP contribution in [-0.4, -0.2) is 23.2 Å². The summed E-state index contributed by atoms with van der Waals surface area (Å²) in [5.41, 5.74) is 5.59. The zero-order chi connectivity index (χ0) is 14.0. The van der Waals surface area contributed by atoms with Crippen LogP contribution >= 0.6 is 0 Å². The normalized spacial score (nSPS) is 17.4. The van der Waals surface area contributed by atoms with Crippen molar-refractivity contribution in [3.05, 3.63) is 29.1 Å². The molecule has 0 radical (unpaired) electrons. The molecule has 1 aromatic carbocycles. The largest absolute Gasteiger partial charge is 0.398 e. The molecule has 4 nitrogen and oxygen atoms in total. The van der Waals surface area contributed by atoms with Crippen LogP contribution in [0.4, 0.5) is 10.1 Å². The lowest BCUT2D eigenvalue weighted by atomic mass is 10.0. The van der Waals surface area contributed by atoms with E-state index in [2.05, 4.69) is 5.32 Å². The number of carbonyl (C=O) groups is 1. The first-order valence-corrected chi connectivity index (χ1v) is 6.47. The Hall–Kier alpha value is -1.62. The van der Waals surface area contributed by atoms with E-state index in [1.165, 1.54) is 12.1 Å². The summed E-state index contributed by atoms with van der Waals surface area (Å²) in [6.07, 6.45) is 3.33. The number of nitrogen functional groups attached to an aromatic ring is 1. The average Bonchev–Trinajstić information content (AvgIpc) is 2.80. The number of rotatable bonds is 3. The maximum Gasteiger partial charge on any atom is 0.251 e. The second-order valence-corrected chi connectivity index (χ2v) is 5.29. The molecule has 0 bridgehead atoms. The van der Waals surface area contributed by atoms with Crippen molar-refractivity contribution < 1.29 is 14.3 Å². The topological polar surface area (TPSA) is 75.4 Å². The number of carbonyl (C=O) groups excluding carboxylic acids is 1. The zero-order valence-electron chi connectivity index (χ0n) is 11.0. The number of benzene rings is 1. The fourth-order valence-corrected chi connectivity index (χ4v) is 2.39. The summed E-state index contributed by atoms with van der Waals surface area (Å²) < 4.78 is 13.5. The van der Waals surface area contributed by atoms with Gasteiger partial charge in [0.25, 0.3) is 5.91 Å². The van der Waals surface area contributed by atoms with Gasteiger partial charge >= 0.3 is 0 Å². The molecule has 1 aliphatic rings. The maximum atomic E-state index is 13.5. The number of hydrogen-bond acceptors (Lipinski definition) is 3. The average molecular weight is 266 g/mol. The van der Waals surface area contributed by atoms with E-state index in [1.807, 2.05) is 0 Å². The molecule has 2 rings (SSSR count). The SMILES string of the molecule is Cc1c(N)cc(C(=O)NCC2(O)CCCC2)cc1F. The van der Waals surface area contributed by atoms with E-state index in [0.29, 0.717) is 18.4 Å². The number of hydrogen-bond donors (Lipinski definition) is 3. The van der Waals surface area contributed by atoms with Gasteiger partial charge in [0, 0.05) is 23.4 Å². The summed E-state index contributed by atoms with van der Waals surface area (Å²) in [6.45, 7) is 1.76. The fourth-order valence-electron chi connectivity index (χ4n) is 2.39. The van der Waals surface area contributed by atoms with Crippen molar-refractivity contribution in [3.8, 4) is 0 Å². The molecule has 104 valence electrons. The maximum absolute atomic E-state index is 13.5. The molecule has 5 heteroatoms. The molecule has 0 aliphatic heterocycles. The quantitative estimate of drug-likeness (QED) is 0.730. The Morgan fingerprint density at radius 1 is 1.47 bits per heavy atom. The van der Waals surface area contributed by atoms with Crippen molar-refractivity contribution in [1.29, 1.82) is 0 Å². The van der Waals surface area contributed by atoms with Crippen molar-refractivity contribution >= 4 is 11.6 Å². The predicted molar refractivity (Wildman–Crippen MR) is 71.3 cm³/mol. The summed E-state index contributed by atoms with van der Waals surface area (Å²) in [5, 5.41) is 12.8. The van der Waals surface area contributed by atoms with E-state index < -0.39 is 17.3 Å². The third kappa shape index (κ3) is 3.04. The van der Waals surface area contributed by atoms with Crippen LogP contribution < -0.4 is 11.1 Å². The number of anilines is 1. The number of amides is 1. The monoisotopic (exact) mass is 266 g/mol. The number of aliphatic hydroxyl groups is 1. The van der Waals surface area contributed by atoms with Crippen LogP contribution in [0.5, 0.6) is 0 Å². The molecule has 0 saturated heterocycles. The minimum Gasteiger partial charge on any atom is -0.398 e. The molecular weight excluding hydrogens is 247 g/mol. The third-order valence-corrected chi connectivity index (χ3v) is 3.76. The van der Waals surface area contributed by atoms with Crippen LogP contribution in [0, 0.1) is 12.7 Å². The van der Waals surface area contributed by atoms with E-state index in [9.17, 15) is 14.3 Å². The van der Waals surface area contributed by atoms with Crippen LogP contribution in [-0.2, 0) is 0 Å². The number of halogens is 1. The van der Waals surface area contributed by atoms with Crippen LogP contribution in [0.15, 0.2) is 12.1 Å². The third-order valence-electron chi connectivity index (χ3n) is 3.76. The Labute approximate surface area is 111 Å². The molecule has 1 aliphatic carbocycles. The van der Waals surface area contributed by atoms with Gasteiger partial charge in [0.15, 0.2) is 0 Å². The molecular formula is C14H19FN2O2. The lowest BCUT2D eigenvalue weighted by molar-refractivity contribution is 0.0449. The Morgan fingerprint density at radius 2 is 2.11 bits per heavy atom. The number of nitrogens with one attached hydrogen (secondary N) is 1. The molecule has 4 N–H and O–H groups in total. The zero-order valence-corrected chi connectivity index (χ0v) is 11.0. The van der Waals surface area contributed by atoms with E-state index >= 15 is 0 Å². The van der Waals surface area contributed by atoms with E-state index in [0.717, 1.165) is 12.8 Å². The van der Waals surface area contributed by atoms with E-state index in [1.54, 1.807) is 6.92 Å². The van der Waals surface area contributed by atoms with Crippen molar-refractivity contribution in [2.45, 2.75) is 38.2 Å². The molecule has 0 aromatic heterocycles. The molecule has 0 unspecified atom stereocenters. The summed E-state index contributed by atoms with van der Waals surface area (Å²) in [7, 11) is 0. The van der Waals surface area contributed by atoms with Gasteiger partial charge in [-0.25, -0.2) is 4.39 Å². The lowest BCUT2D eigenvalue weighted by Crippen LogP contribution is -2.40. The van der Waals surface area contributed by atoms with Crippen LogP contribution in [0.1, 0.15) is 41.6 Å². The van der Waals surface area contributed by atoms with Gasteiger partial charge in [-0.15, -0.1) is 0 Å². The van der Waals surface area contributed by atoms with Gasteiger partial charge in [-0.3, -0.25) is 4.79 Å². The fraction of sp³-hybridized carbons (Fsp3) is 0.500. The lowest BCUT2D eigenvalue weighted by Gasteiger charge is -2.22. The van der Waals surface area contributed by atoms with Crippen LogP contribution in [0.2, 0.25) is 0 Å². The smallest absolute Gasteiger partial charge is 0.251 e. The first-order valence-electron chi connectivity index (χ1n) is 6.47. The predicted octanol–water partition coefficient (Wildman–Crippen LogP) is 1.75. The van der Waals surface area contributed by atoms with Gasteiger partial charge in [0.2, 0.25) is 0 Å². The Morgan fingerprint density at radius 3 is 2.68 bits per heavy atom. The molecule has 0 heterocycles.